The first-order chi connectivity index (χ1) is 10.9. The highest BCUT2D eigenvalue weighted by atomic mass is 15.0. The van der Waals surface area contributed by atoms with Crippen molar-refractivity contribution in [2.24, 2.45) is 0 Å². The maximum absolute atomic E-state index is 3.74. The molecule has 0 amide bonds. The van der Waals surface area contributed by atoms with Crippen molar-refractivity contribution in [1.29, 1.82) is 0 Å². The maximum atomic E-state index is 3.74. The number of rotatable bonds is 9. The van der Waals surface area contributed by atoms with E-state index in [1.807, 2.05) is 0 Å². The molecule has 0 radical (unpaired) electrons. The molecular weight excluding hydrogens is 268 g/mol. The van der Waals surface area contributed by atoms with Crippen LogP contribution in [-0.4, -0.2) is 25.7 Å². The highest BCUT2D eigenvalue weighted by Gasteiger charge is 2.09. The molecule has 22 heavy (non-hydrogen) atoms. The van der Waals surface area contributed by atoms with Gasteiger partial charge in [0.25, 0.3) is 0 Å². The number of unbranched alkanes of at least 4 members (excludes halogenated alkanes) is 1. The van der Waals surface area contributed by atoms with Crippen molar-refractivity contribution in [3.63, 3.8) is 0 Å². The minimum Gasteiger partial charge on any atom is -0.315 e. The Bertz CT molecular complexity index is 355. The van der Waals surface area contributed by atoms with E-state index in [0.29, 0.717) is 0 Å². The lowest BCUT2D eigenvalue weighted by molar-refractivity contribution is 0.388. The van der Waals surface area contributed by atoms with Gasteiger partial charge < -0.3 is 10.6 Å². The van der Waals surface area contributed by atoms with Crippen molar-refractivity contribution in [2.45, 2.75) is 70.3 Å². The van der Waals surface area contributed by atoms with Gasteiger partial charge in [0, 0.05) is 19.1 Å². The van der Waals surface area contributed by atoms with Crippen LogP contribution >= 0.6 is 0 Å². The molecule has 0 atom stereocenters. The van der Waals surface area contributed by atoms with Gasteiger partial charge in [-0.05, 0) is 44.2 Å². The topological polar surface area (TPSA) is 24.1 Å². The van der Waals surface area contributed by atoms with Gasteiger partial charge in [-0.25, -0.2) is 0 Å². The molecule has 0 bridgehead atoms. The van der Waals surface area contributed by atoms with Crippen molar-refractivity contribution in [3.05, 3.63) is 35.9 Å². The van der Waals surface area contributed by atoms with Crippen LogP contribution in [0.15, 0.2) is 30.3 Å². The SMILES string of the molecule is c1ccc(CCCCNCCNC2CCCCCCC2)cc1. The Morgan fingerprint density at radius 2 is 1.50 bits per heavy atom. The molecule has 1 aliphatic carbocycles. The molecule has 2 nitrogen and oxygen atoms in total. The third kappa shape index (κ3) is 7.95. The molecule has 0 aromatic heterocycles. The van der Waals surface area contributed by atoms with E-state index in [9.17, 15) is 0 Å². The van der Waals surface area contributed by atoms with Gasteiger partial charge in [0.05, 0.1) is 0 Å². The second-order valence-electron chi connectivity index (χ2n) is 6.69. The molecule has 1 aromatic carbocycles. The zero-order valence-electron chi connectivity index (χ0n) is 14.2. The lowest BCUT2D eigenvalue weighted by Crippen LogP contribution is -2.35. The molecule has 2 heteroatoms. The van der Waals surface area contributed by atoms with Crippen molar-refractivity contribution >= 4 is 0 Å². The van der Waals surface area contributed by atoms with Crippen molar-refractivity contribution in [3.8, 4) is 0 Å². The van der Waals surface area contributed by atoms with E-state index in [2.05, 4.69) is 41.0 Å². The third-order valence-electron chi connectivity index (χ3n) is 4.75. The number of nitrogens with one attached hydrogen (secondary N) is 2. The van der Waals surface area contributed by atoms with Crippen molar-refractivity contribution < 1.29 is 0 Å². The Hall–Kier alpha value is -0.860. The first-order valence-electron chi connectivity index (χ1n) is 9.43. The smallest absolute Gasteiger partial charge is 0.00793 e. The normalized spacial score (nSPS) is 17.1. The van der Waals surface area contributed by atoms with E-state index in [1.54, 1.807) is 0 Å². The number of aryl methyl sites for hydroxylation is 1. The fourth-order valence-corrected chi connectivity index (χ4v) is 3.37. The van der Waals surface area contributed by atoms with Gasteiger partial charge in [-0.3, -0.25) is 0 Å². The maximum Gasteiger partial charge on any atom is 0.00793 e. The average Bonchev–Trinajstić information content (AvgIpc) is 2.52. The predicted octanol–water partition coefficient (Wildman–Crippen LogP) is 4.30. The summed E-state index contributed by atoms with van der Waals surface area (Å²) in [4.78, 5) is 0. The van der Waals surface area contributed by atoms with Gasteiger partial charge in [0.2, 0.25) is 0 Å². The van der Waals surface area contributed by atoms with Crippen LogP contribution in [0.3, 0.4) is 0 Å². The summed E-state index contributed by atoms with van der Waals surface area (Å²) in [5.41, 5.74) is 1.47. The van der Waals surface area contributed by atoms with Gasteiger partial charge in [0.15, 0.2) is 0 Å². The monoisotopic (exact) mass is 302 g/mol. The summed E-state index contributed by atoms with van der Waals surface area (Å²) >= 11 is 0. The minimum absolute atomic E-state index is 0.778. The molecule has 2 rings (SSSR count). The van der Waals surface area contributed by atoms with Crippen LogP contribution in [0.4, 0.5) is 0 Å². The standard InChI is InChI=1S/C20H34N2/c1-2-7-14-20(15-8-3-1)22-18-17-21-16-10-9-13-19-11-5-4-6-12-19/h4-6,11-12,20-22H,1-3,7-10,13-18H2. The van der Waals surface area contributed by atoms with E-state index in [-0.39, 0.29) is 0 Å². The highest BCUT2D eigenvalue weighted by Crippen LogP contribution is 2.16. The molecule has 1 saturated carbocycles. The average molecular weight is 303 g/mol. The van der Waals surface area contributed by atoms with E-state index in [4.69, 9.17) is 0 Å². The lowest BCUT2D eigenvalue weighted by Gasteiger charge is -2.21. The summed E-state index contributed by atoms with van der Waals surface area (Å²) in [6.07, 6.45) is 13.7. The Kier molecular flexibility index (Phi) is 9.28. The fraction of sp³-hybridized carbons (Fsp3) is 0.700. The van der Waals surface area contributed by atoms with Gasteiger partial charge in [-0.1, -0.05) is 62.4 Å². The summed E-state index contributed by atoms with van der Waals surface area (Å²) in [6, 6.07) is 11.6. The van der Waals surface area contributed by atoms with Gasteiger partial charge in [-0.2, -0.15) is 0 Å². The first-order valence-corrected chi connectivity index (χ1v) is 9.43. The highest BCUT2D eigenvalue weighted by molar-refractivity contribution is 5.14. The summed E-state index contributed by atoms with van der Waals surface area (Å²) in [5, 5.41) is 7.32. The summed E-state index contributed by atoms with van der Waals surface area (Å²) in [5.74, 6) is 0. The Balaban J connectivity index is 1.40. The Labute approximate surface area is 137 Å². The van der Waals surface area contributed by atoms with Crippen LogP contribution in [0.25, 0.3) is 0 Å². The molecule has 0 unspecified atom stereocenters. The molecule has 1 aromatic rings. The second kappa shape index (κ2) is 11.7. The zero-order chi connectivity index (χ0) is 15.3. The molecule has 0 heterocycles. The van der Waals surface area contributed by atoms with Gasteiger partial charge >= 0.3 is 0 Å². The van der Waals surface area contributed by atoms with Crippen LogP contribution in [0.1, 0.15) is 63.4 Å². The van der Waals surface area contributed by atoms with Crippen molar-refractivity contribution in [2.75, 3.05) is 19.6 Å². The Morgan fingerprint density at radius 3 is 2.27 bits per heavy atom. The molecule has 2 N–H and O–H groups in total. The molecule has 0 saturated heterocycles. The van der Waals surface area contributed by atoms with Gasteiger partial charge in [-0.15, -0.1) is 0 Å². The summed E-state index contributed by atoms with van der Waals surface area (Å²) in [7, 11) is 0. The van der Waals surface area contributed by atoms with Crippen LogP contribution in [0.5, 0.6) is 0 Å². The van der Waals surface area contributed by atoms with Crippen LogP contribution < -0.4 is 10.6 Å². The van der Waals surface area contributed by atoms with Crippen LogP contribution in [0, 0.1) is 0 Å². The molecule has 1 aliphatic rings. The second-order valence-corrected chi connectivity index (χ2v) is 6.69. The lowest BCUT2D eigenvalue weighted by atomic mass is 9.97. The third-order valence-corrected chi connectivity index (χ3v) is 4.75. The molecule has 0 spiro atoms. The van der Waals surface area contributed by atoms with E-state index in [1.165, 1.54) is 69.8 Å². The van der Waals surface area contributed by atoms with E-state index in [0.717, 1.165) is 25.7 Å². The first kappa shape index (κ1) is 17.5. The largest absolute Gasteiger partial charge is 0.315 e. The quantitative estimate of drug-likeness (QED) is 0.665. The molecule has 1 fully saturated rings. The summed E-state index contributed by atoms with van der Waals surface area (Å²) < 4.78 is 0. The number of hydrogen-bond acceptors (Lipinski definition) is 2. The number of benzene rings is 1. The van der Waals surface area contributed by atoms with Crippen molar-refractivity contribution in [1.82, 2.24) is 10.6 Å². The Morgan fingerprint density at radius 1 is 0.773 bits per heavy atom. The molecule has 124 valence electrons. The van der Waals surface area contributed by atoms with Crippen LogP contribution in [-0.2, 0) is 6.42 Å². The van der Waals surface area contributed by atoms with Crippen LogP contribution in [0.2, 0.25) is 0 Å². The molecule has 0 aliphatic heterocycles. The predicted molar refractivity (Wildman–Crippen MR) is 96.4 cm³/mol. The van der Waals surface area contributed by atoms with Gasteiger partial charge in [0.1, 0.15) is 0 Å². The minimum atomic E-state index is 0.778. The number of hydrogen-bond donors (Lipinski definition) is 2. The van der Waals surface area contributed by atoms with E-state index < -0.39 is 0 Å². The molecular formula is C20H34N2. The zero-order valence-corrected chi connectivity index (χ0v) is 14.2. The van der Waals surface area contributed by atoms with E-state index >= 15 is 0 Å². The fourth-order valence-electron chi connectivity index (χ4n) is 3.37. The summed E-state index contributed by atoms with van der Waals surface area (Å²) in [6.45, 7) is 3.39.